The van der Waals surface area contributed by atoms with Gasteiger partial charge in [-0.05, 0) is 38.1 Å². The summed E-state index contributed by atoms with van der Waals surface area (Å²) in [5, 5.41) is 14.3. The molecule has 1 aromatic carbocycles. The number of pyridine rings is 1. The molecule has 0 aliphatic rings. The molecule has 0 aliphatic carbocycles. The molecule has 0 saturated heterocycles. The number of carbonyl (C=O) groups excluding carboxylic acids is 3. The number of carboxylic acid groups (broad SMARTS) is 1. The minimum atomic E-state index is -1.51. The maximum Gasteiger partial charge on any atom is 0.341 e. The minimum Gasteiger partial charge on any atom is -0.481 e. The molecule has 10 nitrogen and oxygen atoms in total. The average Bonchev–Trinajstić information content (AvgIpc) is 2.76. The van der Waals surface area contributed by atoms with Crippen molar-refractivity contribution in [2.75, 3.05) is 19.0 Å². The molecule has 12 heteroatoms. The lowest BCUT2D eigenvalue weighted by atomic mass is 10.1. The number of nitrogens with one attached hydrogen (secondary N) is 2. The lowest BCUT2D eigenvalue weighted by molar-refractivity contribution is -0.141. The van der Waals surface area contributed by atoms with Crippen molar-refractivity contribution in [3.8, 4) is 0 Å². The van der Waals surface area contributed by atoms with E-state index in [4.69, 9.17) is 27.9 Å². The highest BCUT2D eigenvalue weighted by molar-refractivity contribution is 6.39. The van der Waals surface area contributed by atoms with Crippen molar-refractivity contribution in [1.29, 1.82) is 0 Å². The van der Waals surface area contributed by atoms with E-state index in [-0.39, 0.29) is 21.3 Å². The predicted molar refractivity (Wildman–Crippen MR) is 126 cm³/mol. The summed E-state index contributed by atoms with van der Waals surface area (Å²) < 4.78 is 6.16. The molecule has 0 radical (unpaired) electrons. The smallest absolute Gasteiger partial charge is 0.341 e. The molecule has 0 aliphatic heterocycles. The van der Waals surface area contributed by atoms with E-state index in [1.165, 1.54) is 29.7 Å². The Morgan fingerprint density at radius 2 is 1.74 bits per heavy atom. The van der Waals surface area contributed by atoms with E-state index in [0.717, 1.165) is 0 Å². The standard InChI is InChI=1S/C22H23Cl2N3O7/c1-11-7-8-15(25-3)21(32)27(11)12(2)20(31)26-16(9-18(29)30)17(28)10-34-22(33)19-13(23)5-4-6-14(19)24/h4-8,12,16,25H,9-10H2,1-3H3,(H,26,31)(H,29,30)/t12?,16-/m0/s1. The van der Waals surface area contributed by atoms with Crippen LogP contribution in [-0.2, 0) is 19.1 Å². The van der Waals surface area contributed by atoms with E-state index in [1.807, 2.05) is 0 Å². The molecule has 1 amide bonds. The number of hydrogen-bond donors (Lipinski definition) is 3. The molecular weight excluding hydrogens is 489 g/mol. The molecule has 182 valence electrons. The number of anilines is 1. The Labute approximate surface area is 204 Å². The molecule has 0 fully saturated rings. The van der Waals surface area contributed by atoms with E-state index >= 15 is 0 Å². The zero-order chi connectivity index (χ0) is 25.6. The first kappa shape index (κ1) is 26.9. The number of nitrogens with zero attached hydrogens (tertiary/aromatic N) is 1. The van der Waals surface area contributed by atoms with Gasteiger partial charge in [-0.2, -0.15) is 0 Å². The van der Waals surface area contributed by atoms with Crippen LogP contribution in [0.2, 0.25) is 10.0 Å². The second kappa shape index (κ2) is 11.7. The van der Waals surface area contributed by atoms with E-state index in [1.54, 1.807) is 26.1 Å². The Balaban J connectivity index is 2.17. The second-order valence-corrected chi connectivity index (χ2v) is 8.10. The summed E-state index contributed by atoms with van der Waals surface area (Å²) in [6.07, 6.45) is -0.758. The van der Waals surface area contributed by atoms with Crippen LogP contribution in [0.4, 0.5) is 5.69 Å². The summed E-state index contributed by atoms with van der Waals surface area (Å²) >= 11 is 11.9. The molecule has 0 spiro atoms. The summed E-state index contributed by atoms with van der Waals surface area (Å²) in [6, 6.07) is 4.97. The third kappa shape index (κ3) is 6.36. The number of Topliss-reactive ketones (excluding diaryl/α,β-unsaturated/α-hetero) is 1. The van der Waals surface area contributed by atoms with Crippen molar-refractivity contribution in [3.63, 3.8) is 0 Å². The summed E-state index contributed by atoms with van der Waals surface area (Å²) in [6.45, 7) is 2.23. The van der Waals surface area contributed by atoms with Crippen LogP contribution in [0.15, 0.2) is 35.1 Å². The van der Waals surface area contributed by atoms with Gasteiger partial charge in [0.05, 0.1) is 22.0 Å². The number of benzene rings is 1. The van der Waals surface area contributed by atoms with Crippen molar-refractivity contribution in [3.05, 3.63) is 62.0 Å². The summed E-state index contributed by atoms with van der Waals surface area (Å²) in [7, 11) is 1.56. The van der Waals surface area contributed by atoms with Gasteiger partial charge in [0, 0.05) is 12.7 Å². The number of aromatic nitrogens is 1. The molecule has 34 heavy (non-hydrogen) atoms. The van der Waals surface area contributed by atoms with Gasteiger partial charge < -0.3 is 20.5 Å². The fourth-order valence-corrected chi connectivity index (χ4v) is 3.70. The van der Waals surface area contributed by atoms with Crippen molar-refractivity contribution in [2.45, 2.75) is 32.4 Å². The minimum absolute atomic E-state index is 0.0128. The first-order chi connectivity index (χ1) is 16.0. The molecule has 2 rings (SSSR count). The maximum absolute atomic E-state index is 12.8. The quantitative estimate of drug-likeness (QED) is 0.412. The highest BCUT2D eigenvalue weighted by Crippen LogP contribution is 2.25. The number of ether oxygens (including phenoxy) is 1. The number of ketones is 1. The number of rotatable bonds is 10. The second-order valence-electron chi connectivity index (χ2n) is 7.29. The van der Waals surface area contributed by atoms with E-state index in [0.29, 0.717) is 5.69 Å². The SMILES string of the molecule is CNc1ccc(C)n(C(C)C(=O)N[C@@H](CC(=O)O)C(=O)COC(=O)c2c(Cl)cccc2Cl)c1=O. The van der Waals surface area contributed by atoms with Gasteiger partial charge in [-0.25, -0.2) is 4.79 Å². The maximum atomic E-state index is 12.8. The third-order valence-corrected chi connectivity index (χ3v) is 5.58. The van der Waals surface area contributed by atoms with Gasteiger partial charge in [0.1, 0.15) is 17.8 Å². The van der Waals surface area contributed by atoms with Gasteiger partial charge in [-0.1, -0.05) is 29.3 Å². The number of aliphatic carboxylic acids is 1. The topological polar surface area (TPSA) is 144 Å². The van der Waals surface area contributed by atoms with Gasteiger partial charge in [0.25, 0.3) is 5.56 Å². The zero-order valence-corrected chi connectivity index (χ0v) is 20.1. The number of aryl methyl sites for hydroxylation is 1. The van der Waals surface area contributed by atoms with E-state index < -0.39 is 54.3 Å². The van der Waals surface area contributed by atoms with Crippen LogP contribution < -0.4 is 16.2 Å². The fraction of sp³-hybridized carbons (Fsp3) is 0.318. The van der Waals surface area contributed by atoms with Crippen LogP contribution in [0, 0.1) is 6.92 Å². The largest absolute Gasteiger partial charge is 0.481 e. The van der Waals surface area contributed by atoms with Crippen molar-refractivity contribution >= 4 is 52.5 Å². The van der Waals surface area contributed by atoms with E-state index in [9.17, 15) is 29.1 Å². The molecule has 1 aromatic heterocycles. The highest BCUT2D eigenvalue weighted by atomic mass is 35.5. The first-order valence-corrected chi connectivity index (χ1v) is 10.8. The van der Waals surface area contributed by atoms with Gasteiger partial charge in [-0.3, -0.25) is 23.7 Å². The Kier molecular flexibility index (Phi) is 9.22. The molecule has 2 aromatic rings. The Bertz CT molecular complexity index is 1160. The molecule has 1 unspecified atom stereocenters. The highest BCUT2D eigenvalue weighted by Gasteiger charge is 2.29. The van der Waals surface area contributed by atoms with Gasteiger partial charge in [0.15, 0.2) is 12.4 Å². The number of halogens is 2. The fourth-order valence-electron chi connectivity index (χ4n) is 3.15. The van der Waals surface area contributed by atoms with Crippen LogP contribution in [0.5, 0.6) is 0 Å². The Morgan fingerprint density at radius 1 is 1.12 bits per heavy atom. The molecule has 0 saturated carbocycles. The Hall–Kier alpha value is -3.37. The Morgan fingerprint density at radius 3 is 2.29 bits per heavy atom. The summed E-state index contributed by atoms with van der Waals surface area (Å²) in [4.78, 5) is 61.6. The molecule has 1 heterocycles. The number of amides is 1. The molecule has 3 N–H and O–H groups in total. The van der Waals surface area contributed by atoms with Crippen LogP contribution in [0.1, 0.15) is 35.4 Å². The summed E-state index contributed by atoms with van der Waals surface area (Å²) in [5.74, 6) is -3.98. The molecular formula is C22H23Cl2N3O7. The summed E-state index contributed by atoms with van der Waals surface area (Å²) in [5.41, 5.74) is 0.133. The van der Waals surface area contributed by atoms with Crippen LogP contribution >= 0.6 is 23.2 Å². The van der Waals surface area contributed by atoms with Gasteiger partial charge in [-0.15, -0.1) is 0 Å². The van der Waals surface area contributed by atoms with Crippen LogP contribution in [0.25, 0.3) is 0 Å². The third-order valence-electron chi connectivity index (χ3n) is 4.95. The average molecular weight is 512 g/mol. The number of hydrogen-bond acceptors (Lipinski definition) is 7. The monoisotopic (exact) mass is 511 g/mol. The van der Waals surface area contributed by atoms with E-state index in [2.05, 4.69) is 10.6 Å². The van der Waals surface area contributed by atoms with Crippen molar-refractivity contribution < 1.29 is 29.0 Å². The molecule has 0 bridgehead atoms. The van der Waals surface area contributed by atoms with Crippen LogP contribution in [-0.4, -0.2) is 53.0 Å². The normalized spacial score (nSPS) is 12.4. The predicted octanol–water partition coefficient (Wildman–Crippen LogP) is 2.45. The lowest BCUT2D eigenvalue weighted by Gasteiger charge is -2.22. The lowest BCUT2D eigenvalue weighted by Crippen LogP contribution is -2.47. The van der Waals surface area contributed by atoms with Gasteiger partial charge >= 0.3 is 11.9 Å². The first-order valence-electron chi connectivity index (χ1n) is 10.0. The van der Waals surface area contributed by atoms with Crippen molar-refractivity contribution in [2.24, 2.45) is 0 Å². The van der Waals surface area contributed by atoms with Crippen molar-refractivity contribution in [1.82, 2.24) is 9.88 Å². The number of carboxylic acids is 1. The number of carbonyl (C=O) groups is 4. The van der Waals surface area contributed by atoms with Crippen LogP contribution in [0.3, 0.4) is 0 Å². The molecule has 2 atom stereocenters. The zero-order valence-electron chi connectivity index (χ0n) is 18.6. The number of esters is 1. The van der Waals surface area contributed by atoms with Gasteiger partial charge in [0.2, 0.25) is 5.91 Å².